The summed E-state index contributed by atoms with van der Waals surface area (Å²) in [6.07, 6.45) is 7.97. The molecule has 2 N–H and O–H groups in total. The molecule has 0 saturated carbocycles. The first kappa shape index (κ1) is 24.0. The van der Waals surface area contributed by atoms with E-state index in [0.29, 0.717) is 47.0 Å². The molecule has 2 saturated heterocycles. The molecular weight excluding hydrogens is 445 g/mol. The van der Waals surface area contributed by atoms with Crippen LogP contribution in [-0.2, 0) is 16.0 Å². The van der Waals surface area contributed by atoms with Gasteiger partial charge in [0.05, 0.1) is 16.9 Å². The molecule has 2 aliphatic rings. The van der Waals surface area contributed by atoms with Crippen LogP contribution in [0.2, 0.25) is 5.02 Å². The zero-order valence-corrected chi connectivity index (χ0v) is 19.7. The maximum absolute atomic E-state index is 14.3. The fourth-order valence-corrected chi connectivity index (χ4v) is 4.64. The Morgan fingerprint density at radius 1 is 1.24 bits per heavy atom. The number of carbonyl (C=O) groups excluding carboxylic acids is 1. The van der Waals surface area contributed by atoms with Gasteiger partial charge >= 0.3 is 0 Å². The van der Waals surface area contributed by atoms with Crippen molar-refractivity contribution in [1.82, 2.24) is 20.3 Å². The van der Waals surface area contributed by atoms with Crippen molar-refractivity contribution in [2.75, 3.05) is 31.6 Å². The summed E-state index contributed by atoms with van der Waals surface area (Å²) in [6, 6.07) is 2.26. The van der Waals surface area contributed by atoms with Gasteiger partial charge in [0.2, 0.25) is 0 Å². The van der Waals surface area contributed by atoms with E-state index in [-0.39, 0.29) is 23.9 Å². The molecule has 4 heterocycles. The largest absolute Gasteiger partial charge is 0.381 e. The van der Waals surface area contributed by atoms with Crippen molar-refractivity contribution in [1.29, 1.82) is 0 Å². The molecule has 2 aromatic rings. The van der Waals surface area contributed by atoms with E-state index in [1.54, 1.807) is 6.07 Å². The van der Waals surface area contributed by atoms with Gasteiger partial charge in [0.1, 0.15) is 5.78 Å². The summed E-state index contributed by atoms with van der Waals surface area (Å²) in [5, 5.41) is 6.92. The first-order valence-electron chi connectivity index (χ1n) is 11.8. The summed E-state index contributed by atoms with van der Waals surface area (Å²) >= 11 is 6.39. The highest BCUT2D eigenvalue weighted by Crippen LogP contribution is 2.28. The van der Waals surface area contributed by atoms with Gasteiger partial charge in [-0.2, -0.15) is 4.39 Å². The zero-order valence-electron chi connectivity index (χ0n) is 18.9. The van der Waals surface area contributed by atoms with Crippen molar-refractivity contribution in [2.45, 2.75) is 51.5 Å². The SMILES string of the molecule is CC[C@H]1CC[C@H](C(=O)Cc2cc(-c3cnc(F)c(NCC4CCOCC4)n3)c(Cl)cn2)CN1. The second kappa shape index (κ2) is 11.3. The number of Topliss-reactive ketones (excluding diaryl/α,β-unsaturated/α-hetero) is 1. The van der Waals surface area contributed by atoms with Crippen LogP contribution < -0.4 is 10.6 Å². The van der Waals surface area contributed by atoms with Crippen molar-refractivity contribution >= 4 is 23.2 Å². The second-order valence-corrected chi connectivity index (χ2v) is 9.32. The summed E-state index contributed by atoms with van der Waals surface area (Å²) in [5.41, 5.74) is 1.65. The summed E-state index contributed by atoms with van der Waals surface area (Å²) in [6.45, 7) is 4.93. The van der Waals surface area contributed by atoms with Gasteiger partial charge in [0, 0.05) is 62.1 Å². The van der Waals surface area contributed by atoms with Gasteiger partial charge in [-0.15, -0.1) is 0 Å². The van der Waals surface area contributed by atoms with Crippen LogP contribution in [0.15, 0.2) is 18.5 Å². The molecule has 0 unspecified atom stereocenters. The Morgan fingerprint density at radius 2 is 2.06 bits per heavy atom. The predicted molar refractivity (Wildman–Crippen MR) is 126 cm³/mol. The van der Waals surface area contributed by atoms with Gasteiger partial charge in [0.25, 0.3) is 5.95 Å². The number of hydrogen-bond acceptors (Lipinski definition) is 7. The van der Waals surface area contributed by atoms with Crippen molar-refractivity contribution in [2.24, 2.45) is 11.8 Å². The zero-order chi connectivity index (χ0) is 23.2. The number of ketones is 1. The van der Waals surface area contributed by atoms with E-state index in [4.69, 9.17) is 16.3 Å². The van der Waals surface area contributed by atoms with Crippen LogP contribution in [0.3, 0.4) is 0 Å². The van der Waals surface area contributed by atoms with E-state index in [0.717, 1.165) is 45.3 Å². The number of anilines is 1. The summed E-state index contributed by atoms with van der Waals surface area (Å²) in [5.74, 6) is 0.0274. The van der Waals surface area contributed by atoms with Gasteiger partial charge in [-0.25, -0.2) is 9.97 Å². The molecule has 0 spiro atoms. The standard InChI is InChI=1S/C24H31ClFN5O2/c1-2-17-4-3-16(12-27-17)22(32)10-18-9-19(20(25)13-28-18)21-14-29-23(26)24(31-21)30-11-15-5-7-33-8-6-15/h9,13-17,27H,2-8,10-12H2,1H3,(H,30,31)/t16-,17-/m0/s1. The minimum atomic E-state index is -0.651. The summed E-state index contributed by atoms with van der Waals surface area (Å²) in [7, 11) is 0. The van der Waals surface area contributed by atoms with Gasteiger partial charge in [-0.3, -0.25) is 9.78 Å². The second-order valence-electron chi connectivity index (χ2n) is 8.92. The Labute approximate surface area is 198 Å². The Hall–Kier alpha value is -2.16. The number of halogens is 2. The molecule has 2 atom stereocenters. The Kier molecular flexibility index (Phi) is 8.22. The number of nitrogens with one attached hydrogen (secondary N) is 2. The lowest BCUT2D eigenvalue weighted by atomic mass is 9.88. The number of carbonyl (C=O) groups is 1. The molecule has 33 heavy (non-hydrogen) atoms. The topological polar surface area (TPSA) is 89.0 Å². The maximum atomic E-state index is 14.3. The number of hydrogen-bond donors (Lipinski definition) is 2. The molecule has 4 rings (SSSR count). The maximum Gasteiger partial charge on any atom is 0.255 e. The smallest absolute Gasteiger partial charge is 0.255 e. The monoisotopic (exact) mass is 475 g/mol. The third-order valence-electron chi connectivity index (χ3n) is 6.63. The Balaban J connectivity index is 1.45. The average molecular weight is 476 g/mol. The number of aromatic nitrogens is 3. The van der Waals surface area contributed by atoms with Crippen LogP contribution in [0.4, 0.5) is 10.2 Å². The quantitative estimate of drug-likeness (QED) is 0.595. The highest BCUT2D eigenvalue weighted by molar-refractivity contribution is 6.33. The van der Waals surface area contributed by atoms with Crippen molar-refractivity contribution < 1.29 is 13.9 Å². The van der Waals surface area contributed by atoms with Gasteiger partial charge in [-0.05, 0) is 44.1 Å². The van der Waals surface area contributed by atoms with E-state index in [1.165, 1.54) is 12.4 Å². The number of rotatable bonds is 8. The number of nitrogens with zero attached hydrogens (tertiary/aromatic N) is 3. The van der Waals surface area contributed by atoms with E-state index < -0.39 is 5.95 Å². The first-order chi connectivity index (χ1) is 16.0. The van der Waals surface area contributed by atoms with Crippen LogP contribution in [-0.4, -0.2) is 53.1 Å². The lowest BCUT2D eigenvalue weighted by molar-refractivity contribution is -0.122. The molecule has 2 aliphatic heterocycles. The van der Waals surface area contributed by atoms with Gasteiger partial charge in [0.15, 0.2) is 5.82 Å². The molecule has 7 nitrogen and oxygen atoms in total. The minimum Gasteiger partial charge on any atom is -0.381 e. The molecule has 2 fully saturated rings. The third-order valence-corrected chi connectivity index (χ3v) is 6.94. The van der Waals surface area contributed by atoms with Crippen LogP contribution in [0.1, 0.15) is 44.7 Å². The molecule has 0 aromatic carbocycles. The van der Waals surface area contributed by atoms with Gasteiger partial charge in [-0.1, -0.05) is 18.5 Å². The van der Waals surface area contributed by atoms with E-state index >= 15 is 0 Å². The number of pyridine rings is 1. The van der Waals surface area contributed by atoms with Crippen LogP contribution >= 0.6 is 11.6 Å². The summed E-state index contributed by atoms with van der Waals surface area (Å²) < 4.78 is 19.7. The van der Waals surface area contributed by atoms with Crippen molar-refractivity contribution in [3.8, 4) is 11.3 Å². The highest BCUT2D eigenvalue weighted by Gasteiger charge is 2.25. The fraction of sp³-hybridized carbons (Fsp3) is 0.583. The van der Waals surface area contributed by atoms with Crippen molar-refractivity contribution in [3.63, 3.8) is 0 Å². The van der Waals surface area contributed by atoms with Gasteiger partial charge < -0.3 is 15.4 Å². The first-order valence-corrected chi connectivity index (χ1v) is 12.2. The predicted octanol–water partition coefficient (Wildman–Crippen LogP) is 4.06. The highest BCUT2D eigenvalue weighted by atomic mass is 35.5. The Bertz CT molecular complexity index is 962. The fourth-order valence-electron chi connectivity index (χ4n) is 4.44. The third kappa shape index (κ3) is 6.25. The van der Waals surface area contributed by atoms with Crippen LogP contribution in [0.25, 0.3) is 11.3 Å². The molecule has 0 amide bonds. The van der Waals surface area contributed by atoms with Crippen LogP contribution in [0, 0.1) is 17.8 Å². The van der Waals surface area contributed by atoms with Crippen LogP contribution in [0.5, 0.6) is 0 Å². The molecule has 0 radical (unpaired) electrons. The molecule has 2 aromatic heterocycles. The molecular formula is C24H31ClFN5O2. The van der Waals surface area contributed by atoms with E-state index in [9.17, 15) is 9.18 Å². The minimum absolute atomic E-state index is 0.000306. The number of ether oxygens (including phenoxy) is 1. The molecule has 0 bridgehead atoms. The Morgan fingerprint density at radius 3 is 2.79 bits per heavy atom. The molecule has 9 heteroatoms. The normalized spacial score (nSPS) is 21.7. The average Bonchev–Trinajstić information content (AvgIpc) is 2.85. The molecule has 178 valence electrons. The van der Waals surface area contributed by atoms with Crippen molar-refractivity contribution in [3.05, 3.63) is 35.1 Å². The number of piperidine rings is 1. The van der Waals surface area contributed by atoms with E-state index in [2.05, 4.69) is 32.5 Å². The summed E-state index contributed by atoms with van der Waals surface area (Å²) in [4.78, 5) is 25.5. The van der Waals surface area contributed by atoms with E-state index in [1.807, 2.05) is 0 Å². The lowest BCUT2D eigenvalue weighted by Gasteiger charge is -2.28. The molecule has 0 aliphatic carbocycles. The lowest BCUT2D eigenvalue weighted by Crippen LogP contribution is -2.41.